The zero-order valence-corrected chi connectivity index (χ0v) is 21.9. The molecule has 0 atom stereocenters. The van der Waals surface area contributed by atoms with Gasteiger partial charge in [0.05, 0.1) is 11.1 Å². The first-order valence-electron chi connectivity index (χ1n) is 12.2. The maximum Gasteiger partial charge on any atom is 0.416 e. The van der Waals surface area contributed by atoms with E-state index in [1.807, 2.05) is 0 Å². The summed E-state index contributed by atoms with van der Waals surface area (Å²) in [5.74, 6) is 0. The van der Waals surface area contributed by atoms with Gasteiger partial charge in [-0.25, -0.2) is 9.97 Å². The van der Waals surface area contributed by atoms with E-state index in [9.17, 15) is 47.4 Å². The molecule has 0 spiro atoms. The van der Waals surface area contributed by atoms with Gasteiger partial charge in [0.25, 0.3) is 0 Å². The van der Waals surface area contributed by atoms with Crippen molar-refractivity contribution in [3.63, 3.8) is 0 Å². The Hall–Kier alpha value is -6.58. The number of halogens is 6. The van der Waals surface area contributed by atoms with Crippen LogP contribution in [0.25, 0.3) is 33.7 Å². The van der Waals surface area contributed by atoms with Crippen LogP contribution in [0, 0.1) is 67.0 Å². The largest absolute Gasteiger partial charge is 0.449 e. The van der Waals surface area contributed by atoms with Gasteiger partial charge in [-0.3, -0.25) is 0 Å². The molecule has 0 aliphatic rings. The molecule has 220 valence electrons. The summed E-state index contributed by atoms with van der Waals surface area (Å²) in [6.45, 7) is 0. The minimum absolute atomic E-state index is 0.0894. The van der Waals surface area contributed by atoms with Crippen molar-refractivity contribution in [2.24, 2.45) is 0 Å². The lowest BCUT2D eigenvalue weighted by molar-refractivity contribution is -0.138. The first-order valence-corrected chi connectivity index (χ1v) is 12.2. The Morgan fingerprint density at radius 1 is 0.511 bits per heavy atom. The highest BCUT2D eigenvalue weighted by Gasteiger charge is 2.31. The standard InChI is InChI=1S/C30H10F6N6O3/c31-29(32,33)19-5-1-15(2-6-19)23-25(44-27(41-23)17(11-37)12-38)21-9-10-22(43-21)26-24(42-28(45-26)18(13-39)14-40)16-3-7-20(8-4-16)30(34,35)36/h1-10H/b25-21-,26-22+. The summed E-state index contributed by atoms with van der Waals surface area (Å²) < 4.78 is 95.9. The van der Waals surface area contributed by atoms with Gasteiger partial charge in [0.1, 0.15) is 35.7 Å². The Labute approximate surface area is 245 Å². The van der Waals surface area contributed by atoms with Gasteiger partial charge >= 0.3 is 12.4 Å². The van der Waals surface area contributed by atoms with Crippen molar-refractivity contribution >= 4 is 11.1 Å². The summed E-state index contributed by atoms with van der Waals surface area (Å²) in [4.78, 5) is 8.24. The van der Waals surface area contributed by atoms with Crippen LogP contribution in [0.15, 0.2) is 73.9 Å². The monoisotopic (exact) mass is 616 g/mol. The van der Waals surface area contributed by atoms with Crippen molar-refractivity contribution in [3.8, 4) is 46.8 Å². The number of oxazole rings is 2. The van der Waals surface area contributed by atoms with Crippen LogP contribution in [-0.4, -0.2) is 9.97 Å². The third-order valence-electron chi connectivity index (χ3n) is 6.15. The molecule has 3 aromatic heterocycles. The number of furan rings is 1. The quantitative estimate of drug-likeness (QED) is 0.230. The lowest BCUT2D eigenvalue weighted by Gasteiger charge is -2.06. The van der Waals surface area contributed by atoms with E-state index in [1.165, 1.54) is 12.1 Å². The van der Waals surface area contributed by atoms with Gasteiger partial charge in [-0.15, -0.1) is 0 Å². The maximum absolute atomic E-state index is 13.1. The van der Waals surface area contributed by atoms with Gasteiger partial charge in [-0.05, 0) is 36.4 Å². The number of hydrogen-bond donors (Lipinski definition) is 0. The summed E-state index contributed by atoms with van der Waals surface area (Å²) in [7, 11) is 0. The molecular formula is C30H10F6N6O3. The second kappa shape index (κ2) is 11.3. The summed E-state index contributed by atoms with van der Waals surface area (Å²) in [6.07, 6.45) is -9.24. The van der Waals surface area contributed by atoms with E-state index in [0.717, 1.165) is 48.5 Å². The molecule has 0 aliphatic carbocycles. The van der Waals surface area contributed by atoms with E-state index in [0.29, 0.717) is 0 Å². The molecule has 0 fully saturated rings. The molecule has 15 heteroatoms. The Balaban J connectivity index is 1.86. The van der Waals surface area contributed by atoms with Crippen LogP contribution in [0.5, 0.6) is 0 Å². The molecule has 9 nitrogen and oxygen atoms in total. The Kier molecular flexibility index (Phi) is 7.47. The van der Waals surface area contributed by atoms with Crippen molar-refractivity contribution in [2.45, 2.75) is 12.4 Å². The van der Waals surface area contributed by atoms with E-state index >= 15 is 0 Å². The number of alkyl halides is 6. The van der Waals surface area contributed by atoms with Gasteiger partial charge in [-0.2, -0.15) is 47.4 Å². The van der Waals surface area contributed by atoms with Gasteiger partial charge in [0.15, 0.2) is 32.8 Å². The predicted molar refractivity (Wildman–Crippen MR) is 136 cm³/mol. The highest BCUT2D eigenvalue weighted by molar-refractivity contribution is 5.72. The smallest absolute Gasteiger partial charge is 0.416 e. The second-order valence-electron chi connectivity index (χ2n) is 8.90. The second-order valence-corrected chi connectivity index (χ2v) is 8.90. The lowest BCUT2D eigenvalue weighted by atomic mass is 10.1. The van der Waals surface area contributed by atoms with E-state index in [1.54, 1.807) is 24.3 Å². The maximum atomic E-state index is 13.1. The highest BCUT2D eigenvalue weighted by Crippen LogP contribution is 2.32. The van der Waals surface area contributed by atoms with E-state index in [2.05, 4.69) is 9.97 Å². The van der Waals surface area contributed by atoms with Crippen LogP contribution in [-0.2, 0) is 12.4 Å². The normalized spacial score (nSPS) is 12.8. The molecule has 5 rings (SSSR count). The van der Waals surface area contributed by atoms with Crippen LogP contribution >= 0.6 is 0 Å². The summed E-state index contributed by atoms with van der Waals surface area (Å²) >= 11 is 0. The summed E-state index contributed by atoms with van der Waals surface area (Å²) in [5, 5.41) is 37.2. The Morgan fingerprint density at radius 2 is 0.844 bits per heavy atom. The van der Waals surface area contributed by atoms with E-state index in [-0.39, 0.29) is 44.2 Å². The number of benzene rings is 2. The molecule has 0 unspecified atom stereocenters. The van der Waals surface area contributed by atoms with Crippen molar-refractivity contribution in [3.05, 3.63) is 105 Å². The third-order valence-corrected chi connectivity index (χ3v) is 6.15. The summed E-state index contributed by atoms with van der Waals surface area (Å²) in [5.41, 5.74) is -4.45. The Morgan fingerprint density at radius 3 is 1.13 bits per heavy atom. The number of nitrogens with zero attached hydrogens (tertiary/aromatic N) is 6. The van der Waals surface area contributed by atoms with Crippen LogP contribution in [0.1, 0.15) is 11.1 Å². The van der Waals surface area contributed by atoms with Gasteiger partial charge in [-0.1, -0.05) is 24.3 Å². The van der Waals surface area contributed by atoms with Gasteiger partial charge < -0.3 is 13.3 Å². The molecule has 0 aliphatic heterocycles. The molecule has 2 aromatic carbocycles. The van der Waals surface area contributed by atoms with Crippen molar-refractivity contribution < 1.29 is 39.6 Å². The highest BCUT2D eigenvalue weighted by atomic mass is 19.4. The van der Waals surface area contributed by atoms with Crippen LogP contribution in [0.4, 0.5) is 26.3 Å². The van der Waals surface area contributed by atoms with Gasteiger partial charge in [0.2, 0.25) is 11.1 Å². The fourth-order valence-electron chi connectivity index (χ4n) is 4.04. The zero-order valence-electron chi connectivity index (χ0n) is 21.9. The number of rotatable bonds is 2. The van der Waals surface area contributed by atoms with Crippen LogP contribution in [0.3, 0.4) is 0 Å². The predicted octanol–water partition coefficient (Wildman–Crippen LogP) is 5.60. The molecule has 0 bridgehead atoms. The van der Waals surface area contributed by atoms with E-state index in [4.69, 9.17) is 13.3 Å². The van der Waals surface area contributed by atoms with Gasteiger partial charge in [0, 0.05) is 11.1 Å². The lowest BCUT2D eigenvalue weighted by Crippen LogP contribution is -2.05. The SMILES string of the molecule is N#CC(C#N)=c1nc(-c2ccc(C(F)(F)F)cc2)/c(=c2\cc/c(=c3\oc(=C(C#N)C#N)nc3-c3ccc(C(F)(F)F)cc3)o2)o1. The molecule has 0 N–H and O–H groups in total. The molecule has 45 heavy (non-hydrogen) atoms. The molecule has 3 heterocycles. The Bertz CT molecular complexity index is 2240. The average Bonchev–Trinajstić information content (AvgIpc) is 3.77. The van der Waals surface area contributed by atoms with E-state index < -0.39 is 45.7 Å². The minimum atomic E-state index is -4.62. The fraction of sp³-hybridized carbons (Fsp3) is 0.0667. The number of hydrogen-bond acceptors (Lipinski definition) is 9. The van der Waals surface area contributed by atoms with Crippen molar-refractivity contribution in [1.82, 2.24) is 9.97 Å². The van der Waals surface area contributed by atoms with Crippen LogP contribution in [0.2, 0.25) is 0 Å². The molecule has 5 aromatic rings. The topological polar surface area (TPSA) is 160 Å². The first kappa shape index (κ1) is 29.9. The first-order chi connectivity index (χ1) is 21.4. The summed E-state index contributed by atoms with van der Waals surface area (Å²) in [6, 6.07) is 16.7. The molecule has 0 saturated heterocycles. The van der Waals surface area contributed by atoms with Crippen LogP contribution < -0.4 is 11.1 Å². The minimum Gasteiger partial charge on any atom is -0.449 e. The molecule has 0 radical (unpaired) electrons. The molecule has 0 saturated carbocycles. The zero-order chi connectivity index (χ0) is 32.5. The third kappa shape index (κ3) is 5.74. The number of nitriles is 4. The fourth-order valence-corrected chi connectivity index (χ4v) is 4.04. The van der Waals surface area contributed by atoms with Crippen molar-refractivity contribution in [2.75, 3.05) is 0 Å². The molecule has 0 amide bonds. The average molecular weight is 616 g/mol. The molecular weight excluding hydrogens is 606 g/mol. The van der Waals surface area contributed by atoms with Crippen molar-refractivity contribution in [1.29, 1.82) is 21.0 Å². The number of aromatic nitrogens is 2.